The summed E-state index contributed by atoms with van der Waals surface area (Å²) in [4.78, 5) is 31.1. The molecule has 0 fully saturated rings. The molecule has 0 saturated heterocycles. The predicted octanol–water partition coefficient (Wildman–Crippen LogP) is 5.61. The van der Waals surface area contributed by atoms with Crippen LogP contribution >= 0.6 is 23.2 Å². The number of halogens is 4. The Kier molecular flexibility index (Phi) is 8.29. The van der Waals surface area contributed by atoms with Crippen LogP contribution in [0.25, 0.3) is 22.2 Å². The topological polar surface area (TPSA) is 142 Å². The van der Waals surface area contributed by atoms with Crippen LogP contribution in [0.1, 0.15) is 40.7 Å². The lowest BCUT2D eigenvalue weighted by Gasteiger charge is -2.30. The van der Waals surface area contributed by atoms with E-state index in [1.54, 1.807) is 55.5 Å². The van der Waals surface area contributed by atoms with Gasteiger partial charge in [-0.1, -0.05) is 65.7 Å². The third-order valence-electron chi connectivity index (χ3n) is 8.28. The zero-order chi connectivity index (χ0) is 33.7. The molecule has 6 rings (SSSR count). The maximum atomic E-state index is 13.6. The summed E-state index contributed by atoms with van der Waals surface area (Å²) in [5.74, 6) is -0.940. The minimum Gasteiger partial charge on any atom is -0.494 e. The lowest BCUT2D eigenvalue weighted by Crippen LogP contribution is -2.43. The van der Waals surface area contributed by atoms with Crippen LogP contribution in [0.5, 0.6) is 11.5 Å². The Balaban J connectivity index is 1.47. The van der Waals surface area contributed by atoms with Crippen molar-refractivity contribution in [2.24, 2.45) is 5.73 Å². The monoisotopic (exact) mass is 681 g/mol. The van der Waals surface area contributed by atoms with Gasteiger partial charge in [-0.25, -0.2) is 9.67 Å². The molecule has 1 aliphatic rings. The van der Waals surface area contributed by atoms with Crippen molar-refractivity contribution in [2.75, 3.05) is 20.3 Å². The van der Waals surface area contributed by atoms with Crippen molar-refractivity contribution in [2.45, 2.75) is 24.5 Å². The van der Waals surface area contributed by atoms with Gasteiger partial charge < -0.3 is 25.6 Å². The molecule has 10 nitrogen and oxygen atoms in total. The normalized spacial score (nSPS) is 16.9. The van der Waals surface area contributed by atoms with E-state index in [1.807, 2.05) is 0 Å². The van der Waals surface area contributed by atoms with E-state index in [0.29, 0.717) is 21.4 Å². The van der Waals surface area contributed by atoms with Gasteiger partial charge in [0.15, 0.2) is 0 Å². The Morgan fingerprint density at radius 1 is 1.17 bits per heavy atom. The number of hydrogen-bond donors (Lipinski definition) is 3. The second-order valence-corrected chi connectivity index (χ2v) is 12.0. The Labute approximate surface area is 277 Å². The Morgan fingerprint density at radius 3 is 2.60 bits per heavy atom. The number of nitrogens with one attached hydrogen (secondary N) is 1. The van der Waals surface area contributed by atoms with Gasteiger partial charge in [-0.3, -0.25) is 9.59 Å². The first-order valence-corrected chi connectivity index (χ1v) is 15.0. The van der Waals surface area contributed by atoms with Crippen LogP contribution in [0.4, 0.5) is 8.78 Å². The van der Waals surface area contributed by atoms with Gasteiger partial charge in [-0.05, 0) is 36.8 Å². The molecule has 14 heteroatoms. The number of primary amides is 1. The van der Waals surface area contributed by atoms with Crippen LogP contribution in [0, 0.1) is 0 Å². The van der Waals surface area contributed by atoms with Crippen molar-refractivity contribution in [1.82, 2.24) is 20.1 Å². The molecular formula is C33H27Cl2F2N5O5. The molecule has 0 radical (unpaired) electrons. The number of alkyl halides is 2. The summed E-state index contributed by atoms with van der Waals surface area (Å²) in [6.07, 6.45) is 1.11. The third-order valence-corrected chi connectivity index (χ3v) is 9.10. The largest absolute Gasteiger partial charge is 0.494 e. The van der Waals surface area contributed by atoms with Gasteiger partial charge in [0.05, 0.1) is 29.4 Å². The second-order valence-electron chi connectivity index (χ2n) is 11.2. The van der Waals surface area contributed by atoms with E-state index in [-0.39, 0.29) is 56.0 Å². The standard InChI is InChI=1S/C33H27Cl2F2N5O5/c1-32(30(38)44)16-47-28-21(32)13-24(40-27(28)20-9-6-10-22(34)25(20)35)33(45,19-7-4-3-5-8-19)15-39-29(43)17-11-18-14-42(31(36)37)41-26(18)23(12-17)46-2/h3-14,31,45H,15-16H2,1-2H3,(H2,38,44)(H,39,43)/t32-,33+/m0/s1. The minimum atomic E-state index is -2.89. The Morgan fingerprint density at radius 2 is 1.91 bits per heavy atom. The molecule has 1 aliphatic heterocycles. The van der Waals surface area contributed by atoms with Crippen LogP contribution < -0.4 is 20.5 Å². The smallest absolute Gasteiger partial charge is 0.333 e. The van der Waals surface area contributed by atoms with Crippen molar-refractivity contribution in [3.8, 4) is 22.8 Å². The van der Waals surface area contributed by atoms with Crippen molar-refractivity contribution in [1.29, 1.82) is 0 Å². The number of carbonyl (C=O) groups is 2. The first-order valence-electron chi connectivity index (χ1n) is 14.2. The zero-order valence-corrected chi connectivity index (χ0v) is 26.4. The van der Waals surface area contributed by atoms with Crippen LogP contribution in [-0.2, 0) is 15.8 Å². The molecule has 2 aromatic heterocycles. The van der Waals surface area contributed by atoms with Crippen LogP contribution in [0.3, 0.4) is 0 Å². The molecule has 0 saturated carbocycles. The first kappa shape index (κ1) is 32.2. The third kappa shape index (κ3) is 5.52. The van der Waals surface area contributed by atoms with Gasteiger partial charge in [-0.2, -0.15) is 13.9 Å². The summed E-state index contributed by atoms with van der Waals surface area (Å²) in [6.45, 7) is -1.76. The first-order chi connectivity index (χ1) is 22.4. The average Bonchev–Trinajstić information content (AvgIpc) is 3.67. The number of hydrogen-bond acceptors (Lipinski definition) is 7. The Hall–Kier alpha value is -4.78. The van der Waals surface area contributed by atoms with E-state index < -0.39 is 35.9 Å². The van der Waals surface area contributed by atoms with Gasteiger partial charge >= 0.3 is 6.55 Å². The highest BCUT2D eigenvalue weighted by atomic mass is 35.5. The molecule has 4 N–H and O–H groups in total. The quantitative estimate of drug-likeness (QED) is 0.184. The van der Waals surface area contributed by atoms with Crippen molar-refractivity contribution in [3.05, 3.63) is 105 Å². The van der Waals surface area contributed by atoms with E-state index in [2.05, 4.69) is 10.4 Å². The highest BCUT2D eigenvalue weighted by molar-refractivity contribution is 6.43. The highest BCUT2D eigenvalue weighted by Gasteiger charge is 2.46. The van der Waals surface area contributed by atoms with Gasteiger partial charge in [0.25, 0.3) is 5.91 Å². The summed E-state index contributed by atoms with van der Waals surface area (Å²) < 4.78 is 38.4. The van der Waals surface area contributed by atoms with Gasteiger partial charge in [0.2, 0.25) is 5.91 Å². The number of ether oxygens (including phenoxy) is 2. The minimum absolute atomic E-state index is 0.0537. The second kappa shape index (κ2) is 12.1. The molecule has 2 amide bonds. The number of methoxy groups -OCH3 is 1. The van der Waals surface area contributed by atoms with Crippen LogP contribution in [-0.4, -0.2) is 51.9 Å². The number of aliphatic hydroxyl groups is 1. The van der Waals surface area contributed by atoms with E-state index >= 15 is 0 Å². The van der Waals surface area contributed by atoms with Crippen molar-refractivity contribution < 1.29 is 33.0 Å². The number of aromatic nitrogens is 3. The fourth-order valence-electron chi connectivity index (χ4n) is 5.54. The fraction of sp³-hybridized carbons (Fsp3) is 0.212. The SMILES string of the molecule is COc1cc(C(=O)NC[C@@](O)(c2ccccc2)c2cc3c(c(-c4cccc(Cl)c4Cl)n2)OC[C@]3(C)C(N)=O)cc2cn(C(F)F)nc12. The summed E-state index contributed by atoms with van der Waals surface area (Å²) >= 11 is 12.9. The molecule has 47 heavy (non-hydrogen) atoms. The van der Waals surface area contributed by atoms with Gasteiger partial charge in [0.1, 0.15) is 40.3 Å². The zero-order valence-electron chi connectivity index (χ0n) is 24.9. The van der Waals surface area contributed by atoms with Crippen LogP contribution in [0.15, 0.2) is 72.9 Å². The lowest BCUT2D eigenvalue weighted by molar-refractivity contribution is -0.123. The van der Waals surface area contributed by atoms with E-state index in [0.717, 1.165) is 6.20 Å². The number of carbonyl (C=O) groups excluding carboxylic acids is 2. The Bertz CT molecular complexity index is 2040. The molecule has 0 unspecified atom stereocenters. The molecule has 0 bridgehead atoms. The van der Waals surface area contributed by atoms with Gasteiger partial charge in [0, 0.05) is 28.3 Å². The van der Waals surface area contributed by atoms with Crippen molar-refractivity contribution in [3.63, 3.8) is 0 Å². The average molecular weight is 683 g/mol. The molecule has 3 heterocycles. The summed E-state index contributed by atoms with van der Waals surface area (Å²) in [6, 6.07) is 17.7. The van der Waals surface area contributed by atoms with Crippen LogP contribution in [0.2, 0.25) is 10.0 Å². The molecule has 3 aromatic carbocycles. The molecule has 5 aromatic rings. The number of amides is 2. The summed E-state index contributed by atoms with van der Waals surface area (Å²) in [5.41, 5.74) is 4.17. The maximum absolute atomic E-state index is 13.6. The van der Waals surface area contributed by atoms with Crippen molar-refractivity contribution >= 4 is 45.9 Å². The molecule has 0 spiro atoms. The molecule has 242 valence electrons. The van der Waals surface area contributed by atoms with Gasteiger partial charge in [-0.15, -0.1) is 0 Å². The highest BCUT2D eigenvalue weighted by Crippen LogP contribution is 2.48. The fourth-order valence-corrected chi connectivity index (χ4v) is 5.93. The van der Waals surface area contributed by atoms with E-state index in [4.69, 9.17) is 43.4 Å². The summed E-state index contributed by atoms with van der Waals surface area (Å²) in [7, 11) is 1.33. The lowest BCUT2D eigenvalue weighted by atomic mass is 9.80. The number of rotatable bonds is 9. The van der Waals surface area contributed by atoms with E-state index in [1.165, 1.54) is 25.3 Å². The maximum Gasteiger partial charge on any atom is 0.333 e. The molecule has 2 atom stereocenters. The summed E-state index contributed by atoms with van der Waals surface area (Å²) in [5, 5.41) is 19.8. The predicted molar refractivity (Wildman–Crippen MR) is 171 cm³/mol. The molecule has 0 aliphatic carbocycles. The number of nitrogens with two attached hydrogens (primary N) is 1. The number of nitrogens with zero attached hydrogens (tertiary/aromatic N) is 3. The van der Waals surface area contributed by atoms with E-state index in [9.17, 15) is 23.5 Å². The number of pyridine rings is 1. The molecular weight excluding hydrogens is 655 g/mol. The number of fused-ring (bicyclic) bond motifs is 2. The number of benzene rings is 3.